The van der Waals surface area contributed by atoms with Crippen LogP contribution in [0.1, 0.15) is 29.3 Å². The molecule has 14 heavy (non-hydrogen) atoms. The van der Waals surface area contributed by atoms with Crippen molar-refractivity contribution in [2.45, 2.75) is 19.8 Å². The van der Waals surface area contributed by atoms with Crippen LogP contribution < -0.4 is 5.32 Å². The lowest BCUT2D eigenvalue weighted by atomic mass is 10.00. The molecule has 0 spiro atoms. The van der Waals surface area contributed by atoms with Crippen molar-refractivity contribution in [3.8, 4) is 0 Å². The van der Waals surface area contributed by atoms with Crippen molar-refractivity contribution in [1.29, 1.82) is 0 Å². The van der Waals surface area contributed by atoms with Gasteiger partial charge in [-0.25, -0.2) is 0 Å². The summed E-state index contributed by atoms with van der Waals surface area (Å²) in [6.07, 6.45) is 2.05. The number of likely N-dealkylation sites (N-methyl/N-ethyl adjacent to an activating group) is 1. The molecule has 0 saturated heterocycles. The molecule has 0 aromatic heterocycles. The lowest BCUT2D eigenvalue weighted by Crippen LogP contribution is -2.19. The third-order valence-corrected chi connectivity index (χ3v) is 2.17. The second-order valence-electron chi connectivity index (χ2n) is 3.36. The van der Waals surface area contributed by atoms with Gasteiger partial charge in [-0.1, -0.05) is 37.6 Å². The molecule has 1 N–H and O–H groups in total. The topological polar surface area (TPSA) is 29.1 Å². The molecule has 1 aromatic rings. The Balaban J connectivity index is 2.88. The maximum atomic E-state index is 11.7. The lowest BCUT2D eigenvalue weighted by molar-refractivity contribution is 0.0992. The van der Waals surface area contributed by atoms with Gasteiger partial charge in [0.1, 0.15) is 0 Å². The zero-order chi connectivity index (χ0) is 10.4. The lowest BCUT2D eigenvalue weighted by Gasteiger charge is -2.06. The molecule has 0 aliphatic rings. The van der Waals surface area contributed by atoms with E-state index >= 15 is 0 Å². The SMILES string of the molecule is CCCc1ccccc1C(=O)CNC. The molecular weight excluding hydrogens is 174 g/mol. The molecule has 0 atom stereocenters. The van der Waals surface area contributed by atoms with E-state index in [4.69, 9.17) is 0 Å². The molecule has 0 aliphatic carbocycles. The van der Waals surface area contributed by atoms with Gasteiger partial charge in [0, 0.05) is 5.56 Å². The van der Waals surface area contributed by atoms with Gasteiger partial charge in [-0.05, 0) is 19.0 Å². The van der Waals surface area contributed by atoms with Crippen LogP contribution in [0.2, 0.25) is 0 Å². The number of hydrogen-bond acceptors (Lipinski definition) is 2. The van der Waals surface area contributed by atoms with Gasteiger partial charge in [0.2, 0.25) is 0 Å². The Bertz CT molecular complexity index is 307. The van der Waals surface area contributed by atoms with E-state index in [1.165, 1.54) is 0 Å². The van der Waals surface area contributed by atoms with Gasteiger partial charge in [0.15, 0.2) is 5.78 Å². The standard InChI is InChI=1S/C12H17NO/c1-3-6-10-7-4-5-8-11(10)12(14)9-13-2/h4-5,7-8,13H,3,6,9H2,1-2H3. The molecule has 0 radical (unpaired) electrons. The Morgan fingerprint density at radius 3 is 2.71 bits per heavy atom. The number of nitrogens with one attached hydrogen (secondary N) is 1. The van der Waals surface area contributed by atoms with Crippen molar-refractivity contribution in [2.24, 2.45) is 0 Å². The number of benzene rings is 1. The van der Waals surface area contributed by atoms with Crippen LogP contribution in [0.5, 0.6) is 0 Å². The Morgan fingerprint density at radius 2 is 2.07 bits per heavy atom. The van der Waals surface area contributed by atoms with E-state index in [0.29, 0.717) is 6.54 Å². The third-order valence-electron chi connectivity index (χ3n) is 2.17. The van der Waals surface area contributed by atoms with Crippen LogP contribution in [0.15, 0.2) is 24.3 Å². The normalized spacial score (nSPS) is 10.1. The Kier molecular flexibility index (Phi) is 4.33. The number of ketones is 1. The van der Waals surface area contributed by atoms with Crippen molar-refractivity contribution in [3.63, 3.8) is 0 Å². The maximum absolute atomic E-state index is 11.7. The van der Waals surface area contributed by atoms with Crippen LogP contribution in [-0.4, -0.2) is 19.4 Å². The number of aryl methyl sites for hydroxylation is 1. The predicted molar refractivity (Wildman–Crippen MR) is 58.7 cm³/mol. The van der Waals surface area contributed by atoms with Crippen LogP contribution >= 0.6 is 0 Å². The van der Waals surface area contributed by atoms with Gasteiger partial charge in [-0.15, -0.1) is 0 Å². The highest BCUT2D eigenvalue weighted by Gasteiger charge is 2.08. The third kappa shape index (κ3) is 2.67. The Morgan fingerprint density at radius 1 is 1.36 bits per heavy atom. The zero-order valence-electron chi connectivity index (χ0n) is 8.84. The summed E-state index contributed by atoms with van der Waals surface area (Å²) >= 11 is 0. The molecule has 0 heterocycles. The summed E-state index contributed by atoms with van der Waals surface area (Å²) in [5.41, 5.74) is 2.03. The van der Waals surface area contributed by atoms with E-state index in [-0.39, 0.29) is 5.78 Å². The maximum Gasteiger partial charge on any atom is 0.176 e. The highest BCUT2D eigenvalue weighted by molar-refractivity contribution is 5.98. The van der Waals surface area contributed by atoms with Crippen molar-refractivity contribution in [3.05, 3.63) is 35.4 Å². The first-order valence-corrected chi connectivity index (χ1v) is 5.05. The monoisotopic (exact) mass is 191 g/mol. The molecule has 1 rings (SSSR count). The first-order valence-electron chi connectivity index (χ1n) is 5.05. The van der Waals surface area contributed by atoms with Gasteiger partial charge in [-0.3, -0.25) is 4.79 Å². The quantitative estimate of drug-likeness (QED) is 0.722. The molecular formula is C12H17NO. The number of carbonyl (C=O) groups is 1. The summed E-state index contributed by atoms with van der Waals surface area (Å²) in [6.45, 7) is 2.54. The van der Waals surface area contributed by atoms with Crippen LogP contribution in [0.3, 0.4) is 0 Å². The minimum Gasteiger partial charge on any atom is -0.313 e. The fraction of sp³-hybridized carbons (Fsp3) is 0.417. The Hall–Kier alpha value is -1.15. The van der Waals surface area contributed by atoms with E-state index < -0.39 is 0 Å². The van der Waals surface area contributed by atoms with Crippen molar-refractivity contribution in [2.75, 3.05) is 13.6 Å². The summed E-state index contributed by atoms with van der Waals surface area (Å²) in [4.78, 5) is 11.7. The predicted octanol–water partition coefficient (Wildman–Crippen LogP) is 2.04. The van der Waals surface area contributed by atoms with Crippen LogP contribution in [0.4, 0.5) is 0 Å². The number of Topliss-reactive ketones (excluding diaryl/α,β-unsaturated/α-hetero) is 1. The summed E-state index contributed by atoms with van der Waals surface area (Å²) < 4.78 is 0. The number of rotatable bonds is 5. The van der Waals surface area contributed by atoms with Crippen LogP contribution in [-0.2, 0) is 6.42 Å². The van der Waals surface area contributed by atoms with E-state index in [1.54, 1.807) is 7.05 Å². The first-order chi connectivity index (χ1) is 6.79. The van der Waals surface area contributed by atoms with E-state index in [2.05, 4.69) is 12.2 Å². The van der Waals surface area contributed by atoms with Crippen molar-refractivity contribution >= 4 is 5.78 Å². The van der Waals surface area contributed by atoms with Crippen LogP contribution in [0, 0.1) is 0 Å². The molecule has 0 aliphatic heterocycles. The average Bonchev–Trinajstić information content (AvgIpc) is 2.19. The van der Waals surface area contributed by atoms with Crippen molar-refractivity contribution in [1.82, 2.24) is 5.32 Å². The van der Waals surface area contributed by atoms with Gasteiger partial charge >= 0.3 is 0 Å². The minimum absolute atomic E-state index is 0.177. The molecule has 0 saturated carbocycles. The molecule has 0 bridgehead atoms. The van der Waals surface area contributed by atoms with Crippen LogP contribution in [0.25, 0.3) is 0 Å². The summed E-state index contributed by atoms with van der Waals surface area (Å²) in [7, 11) is 1.79. The fourth-order valence-corrected chi connectivity index (χ4v) is 1.54. The minimum atomic E-state index is 0.177. The van der Waals surface area contributed by atoms with Gasteiger partial charge in [0.25, 0.3) is 0 Å². The summed E-state index contributed by atoms with van der Waals surface area (Å²) in [5.74, 6) is 0.177. The largest absolute Gasteiger partial charge is 0.313 e. The highest BCUT2D eigenvalue weighted by Crippen LogP contribution is 2.11. The van der Waals surface area contributed by atoms with Gasteiger partial charge < -0.3 is 5.32 Å². The summed E-state index contributed by atoms with van der Waals surface area (Å²) in [5, 5.41) is 2.89. The molecule has 76 valence electrons. The molecule has 0 unspecified atom stereocenters. The smallest absolute Gasteiger partial charge is 0.176 e. The zero-order valence-corrected chi connectivity index (χ0v) is 8.84. The second kappa shape index (κ2) is 5.55. The molecule has 1 aromatic carbocycles. The molecule has 0 amide bonds. The average molecular weight is 191 g/mol. The molecule has 2 heteroatoms. The molecule has 2 nitrogen and oxygen atoms in total. The van der Waals surface area contributed by atoms with E-state index in [1.807, 2.05) is 24.3 Å². The second-order valence-corrected chi connectivity index (χ2v) is 3.36. The molecule has 0 fully saturated rings. The van der Waals surface area contributed by atoms with Crippen molar-refractivity contribution < 1.29 is 4.79 Å². The fourth-order valence-electron chi connectivity index (χ4n) is 1.54. The highest BCUT2D eigenvalue weighted by atomic mass is 16.1. The van der Waals surface area contributed by atoms with E-state index in [0.717, 1.165) is 24.0 Å². The number of hydrogen-bond donors (Lipinski definition) is 1. The Labute approximate surface area is 85.3 Å². The van der Waals surface area contributed by atoms with Gasteiger partial charge in [0.05, 0.1) is 6.54 Å². The number of carbonyl (C=O) groups excluding carboxylic acids is 1. The summed E-state index contributed by atoms with van der Waals surface area (Å²) in [6, 6.07) is 7.85. The van der Waals surface area contributed by atoms with Gasteiger partial charge in [-0.2, -0.15) is 0 Å². The first kappa shape index (κ1) is 10.9. The van der Waals surface area contributed by atoms with E-state index in [9.17, 15) is 4.79 Å².